The topological polar surface area (TPSA) is 340 Å². The van der Waals surface area contributed by atoms with E-state index < -0.39 is 106 Å². The van der Waals surface area contributed by atoms with Crippen molar-refractivity contribution in [2.24, 2.45) is 0 Å². The van der Waals surface area contributed by atoms with Gasteiger partial charge in [-0.3, -0.25) is 37.6 Å². The molecule has 2 saturated heterocycles. The third-order valence-electron chi connectivity index (χ3n) is 5.90. The number of amides is 2. The number of aliphatic carboxylic acids is 1. The van der Waals surface area contributed by atoms with E-state index in [0.717, 1.165) is 26.1 Å². The number of ether oxygens (including phenoxy) is 2. The number of carboxylic acid groups (broad SMARTS) is 1. The zero-order chi connectivity index (χ0) is 32.4. The molecule has 27 heteroatoms. The van der Waals surface area contributed by atoms with Gasteiger partial charge in [0, 0.05) is 26.1 Å². The standard InChI is InChI=1S/C19H28N4O18P2.3Na/c1-6(24)20-10-11(21-7(2)25)18(39-15(13(10)28)17(30)31)40-43(35,36)41-42(33,34)37-5-8-12(27)14(29)16(38-8)23-4-3-9(26)22-19(23)32;;;/h3-4,8,10-16,18,27-29H,5H2,1-2H3,(H,20,24)(H,21,25)(H,30,31)(H,33,34)(H,35,36)(H,22,26,32);;;/q;3*+1/p-3/t8-,10-,11-,12-,13+,14-,15+,16-,18-;;;/m1.../s1. The molecule has 0 bridgehead atoms. The quantitative estimate of drug-likeness (QED) is 0.0910. The van der Waals surface area contributed by atoms with E-state index in [-0.39, 0.29) is 88.7 Å². The monoisotopic (exact) mass is 728 g/mol. The van der Waals surface area contributed by atoms with E-state index >= 15 is 0 Å². The van der Waals surface area contributed by atoms with Crippen molar-refractivity contribution in [1.82, 2.24) is 20.2 Å². The van der Waals surface area contributed by atoms with Gasteiger partial charge in [0.2, 0.25) is 11.8 Å². The minimum Gasteiger partial charge on any atom is -0.756 e. The van der Waals surface area contributed by atoms with Crippen molar-refractivity contribution in [3.63, 3.8) is 0 Å². The number of carboxylic acids is 1. The fraction of sp³-hybridized carbons (Fsp3) is 0.632. The molecule has 6 N–H and O–H groups in total. The maximum Gasteiger partial charge on any atom is 1.00 e. The molecule has 22 nitrogen and oxygen atoms in total. The van der Waals surface area contributed by atoms with Gasteiger partial charge in [0.15, 0.2) is 12.5 Å². The summed E-state index contributed by atoms with van der Waals surface area (Å²) in [4.78, 5) is 84.6. The van der Waals surface area contributed by atoms with Crippen LogP contribution in [0.1, 0.15) is 20.1 Å². The molecule has 2 amide bonds. The number of phosphoric ester groups is 2. The molecule has 2 fully saturated rings. The maximum absolute atomic E-state index is 12.5. The molecule has 2 aliphatic heterocycles. The summed E-state index contributed by atoms with van der Waals surface area (Å²) in [5, 5.41) is 46.3. The van der Waals surface area contributed by atoms with Crippen LogP contribution in [-0.4, -0.2) is 98.2 Å². The number of aliphatic hydroxyl groups is 3. The number of nitrogens with zero attached hydrogens (tertiary/aromatic N) is 1. The number of aliphatic hydroxyl groups excluding tert-OH is 3. The SMILES string of the molecule is CC(=O)N[C@H]1[C@@H](OP(=O)([O-])OP(=O)([O-])OC[C@H]2O[C@@H](n3ccc(=O)[nH]c3=O)[C@H](O)[C@@H]2O)O[C@H](C(=O)[O-])[C@@H](O)[C@@H]1NC(C)=O.[Na+].[Na+].[Na+]. The van der Waals surface area contributed by atoms with Gasteiger partial charge >= 0.3 is 94.4 Å². The van der Waals surface area contributed by atoms with Gasteiger partial charge in [0.25, 0.3) is 21.2 Å². The average molecular weight is 728 g/mol. The van der Waals surface area contributed by atoms with Gasteiger partial charge < -0.3 is 59.6 Å². The van der Waals surface area contributed by atoms with Crippen LogP contribution in [0.4, 0.5) is 0 Å². The van der Waals surface area contributed by atoms with Crippen molar-refractivity contribution in [2.45, 2.75) is 69.0 Å². The maximum atomic E-state index is 12.5. The molecule has 1 aromatic heterocycles. The van der Waals surface area contributed by atoms with E-state index in [4.69, 9.17) is 9.47 Å². The van der Waals surface area contributed by atoms with Crippen LogP contribution < -0.4 is 125 Å². The molecular formula is C19H25N4Na3O18P2. The van der Waals surface area contributed by atoms with Crippen LogP contribution in [0.2, 0.25) is 0 Å². The van der Waals surface area contributed by atoms with E-state index in [1.54, 1.807) is 0 Å². The van der Waals surface area contributed by atoms with Gasteiger partial charge in [-0.2, -0.15) is 0 Å². The summed E-state index contributed by atoms with van der Waals surface area (Å²) in [6, 6.07) is -2.70. The van der Waals surface area contributed by atoms with Gasteiger partial charge in [0.1, 0.15) is 36.6 Å². The van der Waals surface area contributed by atoms with Crippen molar-refractivity contribution in [1.29, 1.82) is 0 Å². The predicted molar refractivity (Wildman–Crippen MR) is 125 cm³/mol. The molecule has 1 aromatic rings. The summed E-state index contributed by atoms with van der Waals surface area (Å²) >= 11 is 0. The molecular weight excluding hydrogens is 703 g/mol. The molecule has 46 heavy (non-hydrogen) atoms. The zero-order valence-electron chi connectivity index (χ0n) is 24.9. The molecule has 0 radical (unpaired) electrons. The summed E-state index contributed by atoms with van der Waals surface area (Å²) < 4.78 is 48.4. The Kier molecular flexibility index (Phi) is 19.0. The number of rotatable bonds is 11. The molecule has 0 saturated carbocycles. The van der Waals surface area contributed by atoms with E-state index in [9.17, 15) is 63.3 Å². The second kappa shape index (κ2) is 18.9. The number of aromatic amines is 1. The summed E-state index contributed by atoms with van der Waals surface area (Å²) in [6.07, 6.45) is -13.0. The Bertz CT molecular complexity index is 1450. The summed E-state index contributed by atoms with van der Waals surface area (Å²) in [5.41, 5.74) is -1.84. The number of carbonyl (C=O) groups excluding carboxylic acids is 3. The van der Waals surface area contributed by atoms with Crippen molar-refractivity contribution in [3.05, 3.63) is 33.1 Å². The average Bonchev–Trinajstić information content (AvgIpc) is 3.13. The number of H-pyrrole nitrogens is 1. The van der Waals surface area contributed by atoms with E-state index in [1.165, 1.54) is 0 Å². The normalized spacial score (nSPS) is 31.4. The van der Waals surface area contributed by atoms with Crippen molar-refractivity contribution < 1.29 is 165 Å². The van der Waals surface area contributed by atoms with Crippen LogP contribution in [0, 0.1) is 0 Å². The number of aromatic nitrogens is 2. The Balaban J connectivity index is 0.00000675. The first-order valence-corrected chi connectivity index (χ1v) is 14.8. The fourth-order valence-electron chi connectivity index (χ4n) is 4.15. The third kappa shape index (κ3) is 12.2. The fourth-order valence-corrected chi connectivity index (χ4v) is 6.24. The minimum atomic E-state index is -6.13. The third-order valence-corrected chi connectivity index (χ3v) is 8.43. The molecule has 2 aliphatic rings. The Morgan fingerprint density at radius 3 is 2.04 bits per heavy atom. The molecule has 0 spiro atoms. The summed E-state index contributed by atoms with van der Waals surface area (Å²) in [6.45, 7) is 0.668. The molecule has 3 rings (SSSR count). The second-order valence-electron chi connectivity index (χ2n) is 9.13. The Morgan fingerprint density at radius 2 is 1.52 bits per heavy atom. The minimum absolute atomic E-state index is 0. The number of hydrogen-bond donors (Lipinski definition) is 6. The first kappa shape index (κ1) is 46.1. The Hall–Kier alpha value is 0.150. The van der Waals surface area contributed by atoms with E-state index in [2.05, 4.69) is 24.0 Å². The van der Waals surface area contributed by atoms with Gasteiger partial charge in [-0.25, -0.2) is 9.11 Å². The first-order valence-electron chi connectivity index (χ1n) is 11.9. The molecule has 3 heterocycles. The van der Waals surface area contributed by atoms with Gasteiger partial charge in [-0.1, -0.05) is 0 Å². The number of carbonyl (C=O) groups is 3. The van der Waals surface area contributed by atoms with Gasteiger partial charge in [-0.15, -0.1) is 0 Å². The van der Waals surface area contributed by atoms with Crippen LogP contribution >= 0.6 is 15.6 Å². The van der Waals surface area contributed by atoms with Crippen molar-refractivity contribution >= 4 is 33.4 Å². The molecule has 11 atom stereocenters. The molecule has 2 unspecified atom stereocenters. The summed E-state index contributed by atoms with van der Waals surface area (Å²) in [7, 11) is -12.1. The van der Waals surface area contributed by atoms with Crippen LogP contribution in [0.5, 0.6) is 0 Å². The number of nitrogens with one attached hydrogen (secondary N) is 3. The van der Waals surface area contributed by atoms with Crippen LogP contribution in [0.15, 0.2) is 21.9 Å². The van der Waals surface area contributed by atoms with E-state index in [1.807, 2.05) is 4.98 Å². The first-order chi connectivity index (χ1) is 19.8. The van der Waals surface area contributed by atoms with Crippen LogP contribution in [-0.2, 0) is 46.3 Å². The van der Waals surface area contributed by atoms with Gasteiger partial charge in [0.05, 0.1) is 18.6 Å². The Labute approximate surface area is 324 Å². The number of phosphoric acid groups is 2. The largest absolute Gasteiger partial charge is 1.00 e. The van der Waals surface area contributed by atoms with Crippen LogP contribution in [0.3, 0.4) is 0 Å². The van der Waals surface area contributed by atoms with E-state index in [0.29, 0.717) is 4.57 Å². The zero-order valence-corrected chi connectivity index (χ0v) is 32.7. The molecule has 242 valence electrons. The Morgan fingerprint density at radius 1 is 0.957 bits per heavy atom. The predicted octanol–water partition coefficient (Wildman–Crippen LogP) is -16.0. The van der Waals surface area contributed by atoms with Gasteiger partial charge in [-0.05, 0) is 0 Å². The smallest absolute Gasteiger partial charge is 0.756 e. The molecule has 0 aliphatic carbocycles. The second-order valence-corrected chi connectivity index (χ2v) is 12.0. The van der Waals surface area contributed by atoms with Crippen LogP contribution in [0.25, 0.3) is 0 Å². The van der Waals surface area contributed by atoms with Crippen molar-refractivity contribution in [2.75, 3.05) is 6.61 Å². The summed E-state index contributed by atoms with van der Waals surface area (Å²) in [5.74, 6) is -3.88. The molecule has 0 aromatic carbocycles. The van der Waals surface area contributed by atoms with Crippen molar-refractivity contribution in [3.8, 4) is 0 Å². The number of hydrogen-bond acceptors (Lipinski definition) is 18.